The molecule has 2 aromatic heterocycles. The van der Waals surface area contributed by atoms with Crippen molar-refractivity contribution in [2.24, 2.45) is 0 Å². The maximum Gasteiger partial charge on any atom is 0.225 e. The summed E-state index contributed by atoms with van der Waals surface area (Å²) in [6.45, 7) is 4.66. The molecule has 1 saturated carbocycles. The quantitative estimate of drug-likeness (QED) is 0.844. The molecule has 1 aliphatic carbocycles. The standard InChI is InChI=1S/C16H21N5/c1-2-21(12-13-5-7-17-8-6-13)16-19-10-14(11-20-16)9-18-15-3-4-15/h5-8,10-11,15,18H,2-4,9,12H2,1H3. The third kappa shape index (κ3) is 3.98. The van der Waals surface area contributed by atoms with E-state index in [1.54, 1.807) is 0 Å². The summed E-state index contributed by atoms with van der Waals surface area (Å²) in [7, 11) is 0. The Bertz CT molecular complexity index is 551. The van der Waals surface area contributed by atoms with Gasteiger partial charge in [-0.15, -0.1) is 0 Å². The predicted molar refractivity (Wildman–Crippen MR) is 82.9 cm³/mol. The number of nitrogens with zero attached hydrogens (tertiary/aromatic N) is 4. The van der Waals surface area contributed by atoms with Gasteiger partial charge >= 0.3 is 0 Å². The third-order valence-electron chi connectivity index (χ3n) is 3.65. The first-order valence-corrected chi connectivity index (χ1v) is 7.53. The molecule has 0 aliphatic heterocycles. The monoisotopic (exact) mass is 283 g/mol. The highest BCUT2D eigenvalue weighted by atomic mass is 15.2. The summed E-state index contributed by atoms with van der Waals surface area (Å²) >= 11 is 0. The molecule has 2 aromatic rings. The minimum Gasteiger partial charge on any atom is -0.337 e. The fourth-order valence-corrected chi connectivity index (χ4v) is 2.18. The van der Waals surface area contributed by atoms with Crippen LogP contribution in [0.15, 0.2) is 36.9 Å². The number of hydrogen-bond donors (Lipinski definition) is 1. The molecule has 0 bridgehead atoms. The van der Waals surface area contributed by atoms with Crippen LogP contribution in [0, 0.1) is 0 Å². The average Bonchev–Trinajstić information content (AvgIpc) is 3.37. The number of nitrogens with one attached hydrogen (secondary N) is 1. The highest BCUT2D eigenvalue weighted by Crippen LogP contribution is 2.19. The van der Waals surface area contributed by atoms with E-state index in [2.05, 4.69) is 32.1 Å². The predicted octanol–water partition coefficient (Wildman–Crippen LogP) is 2.15. The van der Waals surface area contributed by atoms with Gasteiger partial charge in [-0.3, -0.25) is 4.98 Å². The van der Waals surface area contributed by atoms with E-state index < -0.39 is 0 Å². The minimum atomic E-state index is 0.712. The van der Waals surface area contributed by atoms with Crippen LogP contribution >= 0.6 is 0 Å². The van der Waals surface area contributed by atoms with Gasteiger partial charge in [-0.05, 0) is 37.5 Å². The van der Waals surface area contributed by atoms with E-state index in [1.807, 2.05) is 36.9 Å². The molecule has 0 saturated heterocycles. The molecule has 3 rings (SSSR count). The van der Waals surface area contributed by atoms with Crippen LogP contribution < -0.4 is 10.2 Å². The van der Waals surface area contributed by atoms with E-state index in [0.717, 1.165) is 31.1 Å². The van der Waals surface area contributed by atoms with E-state index in [4.69, 9.17) is 0 Å². The van der Waals surface area contributed by atoms with Crippen LogP contribution in [-0.4, -0.2) is 27.5 Å². The van der Waals surface area contributed by atoms with Gasteiger partial charge in [0.15, 0.2) is 0 Å². The lowest BCUT2D eigenvalue weighted by Crippen LogP contribution is -2.24. The van der Waals surface area contributed by atoms with Crippen LogP contribution in [0.1, 0.15) is 30.9 Å². The second-order valence-electron chi connectivity index (χ2n) is 5.42. The van der Waals surface area contributed by atoms with Crippen molar-refractivity contribution in [2.75, 3.05) is 11.4 Å². The lowest BCUT2D eigenvalue weighted by atomic mass is 10.2. The number of anilines is 1. The Hall–Kier alpha value is -2.01. The Balaban J connectivity index is 1.62. The molecule has 5 nitrogen and oxygen atoms in total. The topological polar surface area (TPSA) is 53.9 Å². The molecule has 0 spiro atoms. The van der Waals surface area contributed by atoms with Gasteiger partial charge in [-0.25, -0.2) is 9.97 Å². The molecule has 110 valence electrons. The Morgan fingerprint density at radius 1 is 1.14 bits per heavy atom. The molecule has 0 aromatic carbocycles. The highest BCUT2D eigenvalue weighted by Gasteiger charge is 2.20. The molecule has 0 unspecified atom stereocenters. The Labute approximate surface area is 125 Å². The lowest BCUT2D eigenvalue weighted by molar-refractivity contribution is 0.681. The van der Waals surface area contributed by atoms with Crippen molar-refractivity contribution < 1.29 is 0 Å². The summed E-state index contributed by atoms with van der Waals surface area (Å²) in [5.74, 6) is 0.782. The summed E-state index contributed by atoms with van der Waals surface area (Å²) in [6.07, 6.45) is 10.1. The van der Waals surface area contributed by atoms with E-state index in [1.165, 1.54) is 18.4 Å². The molecule has 1 aliphatic rings. The molecule has 1 fully saturated rings. The fourth-order valence-electron chi connectivity index (χ4n) is 2.18. The molecule has 5 heteroatoms. The molecular weight excluding hydrogens is 262 g/mol. The molecule has 21 heavy (non-hydrogen) atoms. The second kappa shape index (κ2) is 6.63. The maximum atomic E-state index is 4.50. The van der Waals surface area contributed by atoms with Crippen LogP contribution in [0.3, 0.4) is 0 Å². The van der Waals surface area contributed by atoms with Crippen LogP contribution in [0.4, 0.5) is 5.95 Å². The van der Waals surface area contributed by atoms with Crippen molar-refractivity contribution in [1.29, 1.82) is 0 Å². The minimum absolute atomic E-state index is 0.712. The van der Waals surface area contributed by atoms with Crippen LogP contribution in [0.5, 0.6) is 0 Å². The van der Waals surface area contributed by atoms with Crippen molar-refractivity contribution in [3.8, 4) is 0 Å². The first-order chi connectivity index (χ1) is 10.3. The van der Waals surface area contributed by atoms with Gasteiger partial charge in [-0.1, -0.05) is 0 Å². The molecule has 0 radical (unpaired) electrons. The van der Waals surface area contributed by atoms with Gasteiger partial charge in [-0.2, -0.15) is 0 Å². The Morgan fingerprint density at radius 3 is 2.48 bits per heavy atom. The van der Waals surface area contributed by atoms with Gasteiger partial charge in [0.25, 0.3) is 0 Å². The molecule has 0 amide bonds. The van der Waals surface area contributed by atoms with Gasteiger partial charge in [0.2, 0.25) is 5.95 Å². The third-order valence-corrected chi connectivity index (χ3v) is 3.65. The number of aromatic nitrogens is 3. The van der Waals surface area contributed by atoms with Gasteiger partial charge in [0.05, 0.1) is 0 Å². The zero-order chi connectivity index (χ0) is 14.5. The van der Waals surface area contributed by atoms with E-state index in [0.29, 0.717) is 6.04 Å². The molecule has 2 heterocycles. The normalized spacial score (nSPS) is 14.1. The van der Waals surface area contributed by atoms with Crippen molar-refractivity contribution in [3.05, 3.63) is 48.0 Å². The first-order valence-electron chi connectivity index (χ1n) is 7.53. The summed E-state index contributed by atoms with van der Waals surface area (Å²) in [4.78, 5) is 15.2. The largest absolute Gasteiger partial charge is 0.337 e. The first kappa shape index (κ1) is 13.9. The average molecular weight is 283 g/mol. The van der Waals surface area contributed by atoms with Crippen molar-refractivity contribution >= 4 is 5.95 Å². The number of hydrogen-bond acceptors (Lipinski definition) is 5. The van der Waals surface area contributed by atoms with Gasteiger partial charge in [0.1, 0.15) is 0 Å². The summed E-state index contributed by atoms with van der Waals surface area (Å²) in [6, 6.07) is 4.76. The van der Waals surface area contributed by atoms with E-state index in [9.17, 15) is 0 Å². The van der Waals surface area contributed by atoms with Gasteiger partial charge in [0, 0.05) is 56.0 Å². The fraction of sp³-hybridized carbons (Fsp3) is 0.438. The van der Waals surface area contributed by atoms with Crippen molar-refractivity contribution in [1.82, 2.24) is 20.3 Å². The van der Waals surface area contributed by atoms with Crippen molar-refractivity contribution in [2.45, 2.75) is 38.9 Å². The lowest BCUT2D eigenvalue weighted by Gasteiger charge is -2.20. The summed E-state index contributed by atoms with van der Waals surface area (Å²) < 4.78 is 0. The zero-order valence-electron chi connectivity index (χ0n) is 12.4. The number of rotatable bonds is 7. The SMILES string of the molecule is CCN(Cc1ccncc1)c1ncc(CNC2CC2)cn1. The van der Waals surface area contributed by atoms with Gasteiger partial charge < -0.3 is 10.2 Å². The summed E-state index contributed by atoms with van der Waals surface area (Å²) in [5, 5.41) is 3.47. The second-order valence-corrected chi connectivity index (χ2v) is 5.42. The van der Waals surface area contributed by atoms with E-state index in [-0.39, 0.29) is 0 Å². The number of pyridine rings is 1. The van der Waals surface area contributed by atoms with E-state index >= 15 is 0 Å². The Morgan fingerprint density at radius 2 is 1.86 bits per heavy atom. The Kier molecular flexibility index (Phi) is 4.40. The highest BCUT2D eigenvalue weighted by molar-refractivity contribution is 5.31. The van der Waals surface area contributed by atoms with Crippen LogP contribution in [-0.2, 0) is 13.1 Å². The zero-order valence-corrected chi connectivity index (χ0v) is 12.4. The van der Waals surface area contributed by atoms with Crippen LogP contribution in [0.2, 0.25) is 0 Å². The maximum absolute atomic E-state index is 4.50. The van der Waals surface area contributed by atoms with Crippen molar-refractivity contribution in [3.63, 3.8) is 0 Å². The molecule has 0 atom stereocenters. The van der Waals surface area contributed by atoms with Crippen LogP contribution in [0.25, 0.3) is 0 Å². The molecule has 1 N–H and O–H groups in total. The summed E-state index contributed by atoms with van der Waals surface area (Å²) in [5.41, 5.74) is 2.36. The smallest absolute Gasteiger partial charge is 0.225 e. The molecular formula is C16H21N5.